The van der Waals surface area contributed by atoms with Crippen molar-refractivity contribution in [2.24, 2.45) is 0 Å². The molecule has 1 atom stereocenters. The lowest BCUT2D eigenvalue weighted by atomic mass is 9.94. The molecule has 1 aromatic heterocycles. The maximum Gasteiger partial charge on any atom is 0.352 e. The minimum atomic E-state index is -0.914. The molecule has 0 bridgehead atoms. The minimum absolute atomic E-state index is 0.129. The van der Waals surface area contributed by atoms with Gasteiger partial charge >= 0.3 is 5.97 Å². The molecule has 2 N–H and O–H groups in total. The molecular weight excluding hydrogens is 568 g/mol. The van der Waals surface area contributed by atoms with E-state index in [0.717, 1.165) is 75.6 Å². The average molecular weight is 609 g/mol. The molecule has 1 amide bonds. The standard InChI is InChI=1S/C36H40N4O5/c1-38-30-23-44-20-5-4-19-40-34-26(13-7-14-28(34)33(30)29(37-38)22-39-18-8-17-32(39)41)27(35(40)36(42)43)15-9-21-45-31-16-6-11-24-10-2-3-12-25(24)31/h2-3,6-7,10-14,16,29,37H,4-5,8-9,15,17-23H2,1H3,(H,42,43). The van der Waals surface area contributed by atoms with Crippen LogP contribution in [0, 0.1) is 0 Å². The number of fused-ring (bicyclic) bond motifs is 2. The van der Waals surface area contributed by atoms with Crippen molar-refractivity contribution in [1.82, 2.24) is 19.9 Å². The summed E-state index contributed by atoms with van der Waals surface area (Å²) in [6.07, 6.45) is 4.37. The number of hydrogen-bond donors (Lipinski definition) is 2. The zero-order valence-corrected chi connectivity index (χ0v) is 25.8. The number of likely N-dealkylation sites (tertiary alicyclic amines) is 1. The third-order valence-corrected chi connectivity index (χ3v) is 9.41. The van der Waals surface area contributed by atoms with Gasteiger partial charge in [0, 0.05) is 61.6 Å². The molecule has 0 saturated carbocycles. The van der Waals surface area contributed by atoms with Gasteiger partial charge in [0.05, 0.1) is 30.5 Å². The Morgan fingerprint density at radius 1 is 1.02 bits per heavy atom. The first-order chi connectivity index (χ1) is 22.0. The molecule has 234 valence electrons. The van der Waals surface area contributed by atoms with Gasteiger partial charge in [-0.15, -0.1) is 0 Å². The largest absolute Gasteiger partial charge is 0.493 e. The van der Waals surface area contributed by atoms with Crippen LogP contribution >= 0.6 is 0 Å². The highest BCUT2D eigenvalue weighted by Crippen LogP contribution is 2.39. The van der Waals surface area contributed by atoms with Gasteiger partial charge in [-0.05, 0) is 49.1 Å². The summed E-state index contributed by atoms with van der Waals surface area (Å²) in [6, 6.07) is 20.3. The maximum absolute atomic E-state index is 13.0. The topological polar surface area (TPSA) is 96.3 Å². The minimum Gasteiger partial charge on any atom is -0.493 e. The summed E-state index contributed by atoms with van der Waals surface area (Å²) in [4.78, 5) is 27.6. The molecule has 1 fully saturated rings. The van der Waals surface area contributed by atoms with E-state index in [-0.39, 0.29) is 11.9 Å². The summed E-state index contributed by atoms with van der Waals surface area (Å²) in [7, 11) is 1.99. The van der Waals surface area contributed by atoms with E-state index in [4.69, 9.17) is 9.47 Å². The number of hydrogen-bond acceptors (Lipinski definition) is 6. The van der Waals surface area contributed by atoms with Gasteiger partial charge in [-0.1, -0.05) is 54.6 Å². The Labute approximate surface area is 263 Å². The van der Waals surface area contributed by atoms with Gasteiger partial charge in [-0.25, -0.2) is 10.2 Å². The van der Waals surface area contributed by atoms with Crippen LogP contribution in [0.2, 0.25) is 0 Å². The number of carbonyl (C=O) groups excluding carboxylic acids is 1. The van der Waals surface area contributed by atoms with Crippen molar-refractivity contribution in [1.29, 1.82) is 0 Å². The number of ether oxygens (including phenoxy) is 2. The smallest absolute Gasteiger partial charge is 0.352 e. The summed E-state index contributed by atoms with van der Waals surface area (Å²) in [5.74, 6) is 0.111. The van der Waals surface area contributed by atoms with Crippen LogP contribution in [-0.2, 0) is 22.5 Å². The fourth-order valence-electron chi connectivity index (χ4n) is 7.34. The van der Waals surface area contributed by atoms with Crippen molar-refractivity contribution in [2.75, 3.05) is 40.0 Å². The van der Waals surface area contributed by atoms with Gasteiger partial charge in [-0.2, -0.15) is 0 Å². The molecule has 9 heteroatoms. The van der Waals surface area contributed by atoms with Gasteiger partial charge in [0.25, 0.3) is 0 Å². The van der Waals surface area contributed by atoms with E-state index in [1.165, 1.54) is 0 Å². The quantitative estimate of drug-likeness (QED) is 0.256. The number of likely N-dealkylation sites (N-methyl/N-ethyl adjacent to an activating group) is 1. The maximum atomic E-state index is 13.0. The molecule has 3 aliphatic heterocycles. The molecule has 45 heavy (non-hydrogen) atoms. The number of aromatic nitrogens is 1. The molecule has 1 unspecified atom stereocenters. The van der Waals surface area contributed by atoms with Crippen LogP contribution in [0.3, 0.4) is 0 Å². The van der Waals surface area contributed by atoms with Crippen LogP contribution < -0.4 is 10.2 Å². The van der Waals surface area contributed by atoms with Crippen molar-refractivity contribution >= 4 is 39.1 Å². The van der Waals surface area contributed by atoms with E-state index in [0.29, 0.717) is 57.9 Å². The lowest BCUT2D eigenvalue weighted by molar-refractivity contribution is -0.127. The monoisotopic (exact) mass is 608 g/mol. The summed E-state index contributed by atoms with van der Waals surface area (Å²) >= 11 is 0. The molecule has 0 spiro atoms. The van der Waals surface area contributed by atoms with E-state index in [2.05, 4.69) is 35.8 Å². The van der Waals surface area contributed by atoms with Crippen LogP contribution in [-0.4, -0.2) is 77.5 Å². The van der Waals surface area contributed by atoms with Crippen molar-refractivity contribution in [3.8, 4) is 5.75 Å². The Kier molecular flexibility index (Phi) is 8.21. The summed E-state index contributed by atoms with van der Waals surface area (Å²) in [6.45, 7) is 3.43. The second-order valence-electron chi connectivity index (χ2n) is 12.2. The first-order valence-electron chi connectivity index (χ1n) is 16.1. The van der Waals surface area contributed by atoms with Gasteiger partial charge in [0.2, 0.25) is 5.91 Å². The van der Waals surface area contributed by atoms with E-state index < -0.39 is 5.97 Å². The third-order valence-electron chi connectivity index (χ3n) is 9.41. The highest BCUT2D eigenvalue weighted by molar-refractivity contribution is 6.03. The van der Waals surface area contributed by atoms with E-state index in [1.54, 1.807) is 0 Å². The lowest BCUT2D eigenvalue weighted by Gasteiger charge is -2.24. The molecule has 0 aliphatic carbocycles. The molecule has 7 rings (SSSR count). The zero-order valence-electron chi connectivity index (χ0n) is 25.8. The Morgan fingerprint density at radius 3 is 2.69 bits per heavy atom. The highest BCUT2D eigenvalue weighted by Gasteiger charge is 2.36. The van der Waals surface area contributed by atoms with Gasteiger partial charge < -0.3 is 29.1 Å². The number of carboxylic acids is 1. The summed E-state index contributed by atoms with van der Waals surface area (Å²) in [5.41, 5.74) is 8.84. The number of hydrazine groups is 1. The van der Waals surface area contributed by atoms with Crippen molar-refractivity contribution in [2.45, 2.75) is 51.1 Å². The Hall–Kier alpha value is -4.34. The van der Waals surface area contributed by atoms with Crippen LogP contribution in [0.1, 0.15) is 53.7 Å². The second kappa shape index (κ2) is 12.6. The predicted octanol–water partition coefficient (Wildman–Crippen LogP) is 5.47. The molecule has 4 heterocycles. The number of carboxylic acid groups (broad SMARTS) is 1. The molecular formula is C36H40N4O5. The zero-order chi connectivity index (χ0) is 30.9. The number of nitrogens with zero attached hydrogens (tertiary/aromatic N) is 3. The van der Waals surface area contributed by atoms with Gasteiger partial charge in [0.1, 0.15) is 11.4 Å². The normalized spacial score (nSPS) is 19.0. The fourth-order valence-corrected chi connectivity index (χ4v) is 7.34. The fraction of sp³-hybridized carbons (Fsp3) is 0.389. The van der Waals surface area contributed by atoms with Crippen LogP contribution in [0.25, 0.3) is 27.2 Å². The number of rotatable bonds is 8. The number of aromatic carboxylic acids is 1. The predicted molar refractivity (Wildman–Crippen MR) is 174 cm³/mol. The molecule has 4 aromatic rings. The van der Waals surface area contributed by atoms with Crippen molar-refractivity contribution in [3.05, 3.63) is 83.2 Å². The van der Waals surface area contributed by atoms with E-state index in [1.807, 2.05) is 51.9 Å². The number of para-hydroxylation sites is 1. The molecule has 3 aliphatic rings. The van der Waals surface area contributed by atoms with Crippen molar-refractivity contribution in [3.63, 3.8) is 0 Å². The summed E-state index contributed by atoms with van der Waals surface area (Å²) < 4.78 is 14.4. The number of nitrogens with one attached hydrogen (secondary N) is 1. The van der Waals surface area contributed by atoms with Crippen LogP contribution in [0.5, 0.6) is 5.75 Å². The average Bonchev–Trinajstić information content (AvgIpc) is 3.69. The second-order valence-corrected chi connectivity index (χ2v) is 12.2. The Bertz CT molecular complexity index is 1790. The number of benzene rings is 3. The number of carbonyl (C=O) groups is 2. The highest BCUT2D eigenvalue weighted by atomic mass is 16.5. The molecule has 0 radical (unpaired) electrons. The number of aryl methyl sites for hydroxylation is 2. The van der Waals surface area contributed by atoms with E-state index >= 15 is 0 Å². The molecule has 1 saturated heterocycles. The Morgan fingerprint density at radius 2 is 1.84 bits per heavy atom. The Balaban J connectivity index is 1.27. The van der Waals surface area contributed by atoms with Crippen LogP contribution in [0.15, 0.2) is 66.4 Å². The van der Waals surface area contributed by atoms with Crippen LogP contribution in [0.4, 0.5) is 0 Å². The SMILES string of the molecule is CN1NC(CN2CCCC2=O)C2=C1COCCCCn1c(C(=O)O)c(CCCOc3cccc4ccccc34)c3cccc2c31. The van der Waals surface area contributed by atoms with Gasteiger partial charge in [0.15, 0.2) is 0 Å². The third kappa shape index (κ3) is 5.55. The first-order valence-corrected chi connectivity index (χ1v) is 16.1. The molecule has 9 nitrogen and oxygen atoms in total. The summed E-state index contributed by atoms with van der Waals surface area (Å²) in [5, 5.41) is 15.8. The van der Waals surface area contributed by atoms with Crippen molar-refractivity contribution < 1.29 is 24.2 Å². The van der Waals surface area contributed by atoms with Gasteiger partial charge in [-0.3, -0.25) is 4.79 Å². The number of amides is 1. The lowest BCUT2D eigenvalue weighted by Crippen LogP contribution is -2.43. The van der Waals surface area contributed by atoms with E-state index in [9.17, 15) is 14.7 Å². The first kappa shape index (κ1) is 29.4. The molecule has 3 aromatic carbocycles.